The summed E-state index contributed by atoms with van der Waals surface area (Å²) in [5.74, 6) is -0.0584. The number of benzene rings is 2. The molecule has 0 aliphatic heterocycles. The molecular formula is C20H22N4O3S. The maximum Gasteiger partial charge on any atom is 0.255 e. The molecule has 1 amide bonds. The average molecular weight is 398 g/mol. The summed E-state index contributed by atoms with van der Waals surface area (Å²) in [7, 11) is -3.11. The van der Waals surface area contributed by atoms with E-state index in [4.69, 9.17) is 0 Å². The quantitative estimate of drug-likeness (QED) is 0.688. The van der Waals surface area contributed by atoms with E-state index in [1.165, 1.54) is 6.26 Å². The van der Waals surface area contributed by atoms with Gasteiger partial charge in [0.2, 0.25) is 0 Å². The van der Waals surface area contributed by atoms with Crippen molar-refractivity contribution in [2.45, 2.75) is 25.5 Å². The molecule has 0 aliphatic carbocycles. The first-order chi connectivity index (χ1) is 13.2. The number of rotatable bonds is 6. The van der Waals surface area contributed by atoms with Gasteiger partial charge < -0.3 is 5.32 Å². The Hall–Kier alpha value is -3.00. The number of hydrogen-bond donors (Lipinski definition) is 1. The number of sulfone groups is 1. The summed E-state index contributed by atoms with van der Waals surface area (Å²) in [6.07, 6.45) is 2.91. The normalized spacial score (nSPS) is 11.6. The van der Waals surface area contributed by atoms with Gasteiger partial charge in [-0.1, -0.05) is 37.3 Å². The lowest BCUT2D eigenvalue weighted by Crippen LogP contribution is -2.12. The Balaban J connectivity index is 1.77. The van der Waals surface area contributed by atoms with Crippen molar-refractivity contribution in [2.75, 3.05) is 11.6 Å². The third-order valence-electron chi connectivity index (χ3n) is 4.16. The van der Waals surface area contributed by atoms with Gasteiger partial charge in [0.25, 0.3) is 5.91 Å². The number of nitrogens with one attached hydrogen (secondary N) is 1. The van der Waals surface area contributed by atoms with Crippen LogP contribution in [0.25, 0.3) is 5.69 Å². The molecule has 0 atom stereocenters. The monoisotopic (exact) mass is 398 g/mol. The van der Waals surface area contributed by atoms with Crippen LogP contribution in [0.2, 0.25) is 0 Å². The van der Waals surface area contributed by atoms with Crippen LogP contribution in [0.1, 0.15) is 41.4 Å². The van der Waals surface area contributed by atoms with E-state index >= 15 is 0 Å². The standard InChI is InChI=1S/C20H22N4O3S/c1-14(2)19-12-21-23-24(19)18-6-4-5-17(11-18)22-20(25)16-9-7-15(8-10-16)13-28(3,26)27/h4-12,14H,13H2,1-3H3,(H,22,25). The first-order valence-electron chi connectivity index (χ1n) is 8.82. The van der Waals surface area contributed by atoms with Gasteiger partial charge in [-0.15, -0.1) is 5.10 Å². The molecule has 1 heterocycles. The SMILES string of the molecule is CC(C)c1cnnn1-c1cccc(NC(=O)c2ccc(CS(C)(=O)=O)cc2)c1. The molecule has 7 nitrogen and oxygen atoms in total. The zero-order valence-corrected chi connectivity index (χ0v) is 16.8. The van der Waals surface area contributed by atoms with Gasteiger partial charge in [-0.25, -0.2) is 13.1 Å². The van der Waals surface area contributed by atoms with Gasteiger partial charge in [0.05, 0.1) is 23.3 Å². The van der Waals surface area contributed by atoms with Crippen LogP contribution >= 0.6 is 0 Å². The minimum atomic E-state index is -3.11. The Morgan fingerprint density at radius 2 is 1.86 bits per heavy atom. The largest absolute Gasteiger partial charge is 0.322 e. The zero-order chi connectivity index (χ0) is 20.3. The van der Waals surface area contributed by atoms with Gasteiger partial charge in [0.1, 0.15) is 0 Å². The van der Waals surface area contributed by atoms with Crippen molar-refractivity contribution in [3.63, 3.8) is 0 Å². The van der Waals surface area contributed by atoms with Crippen LogP contribution in [0.4, 0.5) is 5.69 Å². The van der Waals surface area contributed by atoms with Gasteiger partial charge in [0.15, 0.2) is 9.84 Å². The fraction of sp³-hybridized carbons (Fsp3) is 0.250. The summed E-state index contributed by atoms with van der Waals surface area (Å²) in [4.78, 5) is 12.5. The maximum absolute atomic E-state index is 12.5. The molecule has 3 aromatic rings. The average Bonchev–Trinajstić information content (AvgIpc) is 3.11. The number of amides is 1. The van der Waals surface area contributed by atoms with Crippen molar-refractivity contribution in [1.29, 1.82) is 0 Å². The van der Waals surface area contributed by atoms with Crippen molar-refractivity contribution in [2.24, 2.45) is 0 Å². The van der Waals surface area contributed by atoms with E-state index < -0.39 is 9.84 Å². The lowest BCUT2D eigenvalue weighted by molar-refractivity contribution is 0.102. The molecule has 0 saturated carbocycles. The molecule has 1 N–H and O–H groups in total. The van der Waals surface area contributed by atoms with Crippen molar-refractivity contribution in [3.8, 4) is 5.69 Å². The van der Waals surface area contributed by atoms with Crippen molar-refractivity contribution in [3.05, 3.63) is 71.5 Å². The molecule has 3 rings (SSSR count). The molecule has 8 heteroatoms. The van der Waals surface area contributed by atoms with Gasteiger partial charge >= 0.3 is 0 Å². The Bertz CT molecular complexity index is 1090. The second-order valence-electron chi connectivity index (χ2n) is 7.00. The molecule has 0 spiro atoms. The van der Waals surface area contributed by atoms with E-state index in [2.05, 4.69) is 29.5 Å². The van der Waals surface area contributed by atoms with Gasteiger partial charge in [-0.2, -0.15) is 0 Å². The van der Waals surface area contributed by atoms with Crippen molar-refractivity contribution in [1.82, 2.24) is 15.0 Å². The van der Waals surface area contributed by atoms with E-state index in [1.807, 2.05) is 18.2 Å². The fourth-order valence-corrected chi connectivity index (χ4v) is 3.61. The molecular weight excluding hydrogens is 376 g/mol. The third kappa shape index (κ3) is 4.83. The van der Waals surface area contributed by atoms with Gasteiger partial charge in [0, 0.05) is 17.5 Å². The van der Waals surface area contributed by atoms with Gasteiger partial charge in [-0.05, 0) is 41.8 Å². The highest BCUT2D eigenvalue weighted by Crippen LogP contribution is 2.20. The molecule has 0 bridgehead atoms. The molecule has 146 valence electrons. The lowest BCUT2D eigenvalue weighted by Gasteiger charge is -2.11. The number of aromatic nitrogens is 3. The summed E-state index contributed by atoms with van der Waals surface area (Å²) in [6.45, 7) is 4.13. The minimum Gasteiger partial charge on any atom is -0.322 e. The van der Waals surface area contributed by atoms with Crippen molar-refractivity contribution >= 4 is 21.4 Å². The summed E-state index contributed by atoms with van der Waals surface area (Å²) < 4.78 is 24.5. The number of nitrogens with zero attached hydrogens (tertiary/aromatic N) is 3. The van der Waals surface area contributed by atoms with E-state index in [-0.39, 0.29) is 17.6 Å². The summed E-state index contributed by atoms with van der Waals surface area (Å²) in [5.41, 5.74) is 3.51. The number of carbonyl (C=O) groups is 1. The predicted octanol–water partition coefficient (Wildman–Crippen LogP) is 3.19. The smallest absolute Gasteiger partial charge is 0.255 e. The molecule has 28 heavy (non-hydrogen) atoms. The number of anilines is 1. The molecule has 2 aromatic carbocycles. The topological polar surface area (TPSA) is 93.9 Å². The van der Waals surface area contributed by atoms with Crippen LogP contribution in [0.5, 0.6) is 0 Å². The molecule has 0 aliphatic rings. The third-order valence-corrected chi connectivity index (χ3v) is 5.02. The Labute approximate surface area is 164 Å². The van der Waals surface area contributed by atoms with E-state index in [0.717, 1.165) is 11.4 Å². The highest BCUT2D eigenvalue weighted by atomic mass is 32.2. The number of carbonyl (C=O) groups excluding carboxylic acids is 1. The maximum atomic E-state index is 12.5. The second kappa shape index (κ2) is 7.93. The molecule has 0 fully saturated rings. The van der Waals surface area contributed by atoms with Crippen LogP contribution < -0.4 is 5.32 Å². The molecule has 0 radical (unpaired) electrons. The molecule has 0 unspecified atom stereocenters. The Morgan fingerprint density at radius 3 is 2.50 bits per heavy atom. The summed E-state index contributed by atoms with van der Waals surface area (Å²) in [5, 5.41) is 11.0. The Morgan fingerprint density at radius 1 is 1.14 bits per heavy atom. The molecule has 1 aromatic heterocycles. The van der Waals surface area contributed by atoms with E-state index in [0.29, 0.717) is 16.8 Å². The van der Waals surface area contributed by atoms with Crippen LogP contribution in [-0.4, -0.2) is 35.6 Å². The predicted molar refractivity (Wildman–Crippen MR) is 108 cm³/mol. The lowest BCUT2D eigenvalue weighted by atomic mass is 10.1. The van der Waals surface area contributed by atoms with Gasteiger partial charge in [-0.3, -0.25) is 4.79 Å². The number of hydrogen-bond acceptors (Lipinski definition) is 5. The second-order valence-corrected chi connectivity index (χ2v) is 9.14. The van der Waals surface area contributed by atoms with E-state index in [1.54, 1.807) is 41.2 Å². The van der Waals surface area contributed by atoms with Crippen LogP contribution in [0.15, 0.2) is 54.7 Å². The highest BCUT2D eigenvalue weighted by molar-refractivity contribution is 7.89. The van der Waals surface area contributed by atoms with E-state index in [9.17, 15) is 13.2 Å². The summed E-state index contributed by atoms with van der Waals surface area (Å²) in [6, 6.07) is 13.9. The zero-order valence-electron chi connectivity index (χ0n) is 16.0. The summed E-state index contributed by atoms with van der Waals surface area (Å²) >= 11 is 0. The molecule has 0 saturated heterocycles. The van der Waals surface area contributed by atoms with Crippen LogP contribution in [-0.2, 0) is 15.6 Å². The highest BCUT2D eigenvalue weighted by Gasteiger charge is 2.12. The fourth-order valence-electron chi connectivity index (χ4n) is 2.81. The van der Waals surface area contributed by atoms with Crippen LogP contribution in [0, 0.1) is 0 Å². The van der Waals surface area contributed by atoms with Crippen molar-refractivity contribution < 1.29 is 13.2 Å². The Kier molecular flexibility index (Phi) is 5.60. The first-order valence-corrected chi connectivity index (χ1v) is 10.9. The minimum absolute atomic E-state index is 0.0486. The first kappa shape index (κ1) is 19.8. The van der Waals surface area contributed by atoms with Crippen LogP contribution in [0.3, 0.4) is 0 Å².